The summed E-state index contributed by atoms with van der Waals surface area (Å²) >= 11 is 0. The zero-order chi connectivity index (χ0) is 26.5. The summed E-state index contributed by atoms with van der Waals surface area (Å²) in [6.45, 7) is 14.2. The van der Waals surface area contributed by atoms with E-state index >= 15 is 0 Å². The maximum Gasteiger partial charge on any atom is 0.251 e. The Labute approximate surface area is 217 Å². The second-order valence-corrected chi connectivity index (χ2v) is 13.9. The average molecular weight is 518 g/mol. The monoisotopic (exact) mass is 517 g/mol. The molecular formula is C28H43N3O4S. The van der Waals surface area contributed by atoms with E-state index in [1.807, 2.05) is 13.8 Å². The van der Waals surface area contributed by atoms with Gasteiger partial charge < -0.3 is 10.2 Å². The van der Waals surface area contributed by atoms with E-state index < -0.39 is 10.0 Å². The molecule has 2 aliphatic carbocycles. The van der Waals surface area contributed by atoms with E-state index in [2.05, 4.69) is 26.1 Å². The van der Waals surface area contributed by atoms with Gasteiger partial charge in [-0.15, -0.1) is 0 Å². The minimum atomic E-state index is -3.84. The fourth-order valence-electron chi connectivity index (χ4n) is 7.19. The topological polar surface area (TPSA) is 86.8 Å². The summed E-state index contributed by atoms with van der Waals surface area (Å²) in [5.74, 6) is 0.0760. The number of amides is 2. The van der Waals surface area contributed by atoms with Gasteiger partial charge >= 0.3 is 0 Å². The standard InChI is InChI=1S/C28H43N3O4S/c1-7-30(8-2)25(33)21-10-9-15-31(18-21)36(34,35)23-16-20(12-11-19(23)3)24(32)29-26-27(4,5)22-13-14-28(26,6)17-22/h11-12,16,21-22,26H,7-10,13-15,17-18H2,1-6H3,(H,29,32)/t21?,22-,26?,28+/m1/s1. The van der Waals surface area contributed by atoms with E-state index in [0.29, 0.717) is 49.5 Å². The van der Waals surface area contributed by atoms with Crippen LogP contribution in [0.4, 0.5) is 0 Å². The number of sulfonamides is 1. The summed E-state index contributed by atoms with van der Waals surface area (Å²) in [4.78, 5) is 28.2. The number of nitrogens with one attached hydrogen (secondary N) is 1. The van der Waals surface area contributed by atoms with Crippen molar-refractivity contribution in [3.63, 3.8) is 0 Å². The third kappa shape index (κ3) is 4.60. The van der Waals surface area contributed by atoms with Crippen molar-refractivity contribution in [1.82, 2.24) is 14.5 Å². The second kappa shape index (κ2) is 9.75. The van der Waals surface area contributed by atoms with E-state index in [-0.39, 0.29) is 46.0 Å². The molecule has 2 bridgehead atoms. The summed E-state index contributed by atoms with van der Waals surface area (Å²) in [5.41, 5.74) is 1.08. The van der Waals surface area contributed by atoms with Crippen LogP contribution in [-0.2, 0) is 14.8 Å². The molecule has 0 spiro atoms. The number of nitrogens with zero attached hydrogens (tertiary/aromatic N) is 2. The van der Waals surface area contributed by atoms with E-state index in [4.69, 9.17) is 0 Å². The average Bonchev–Trinajstić information content (AvgIpc) is 3.33. The molecule has 3 aliphatic rings. The van der Waals surface area contributed by atoms with Gasteiger partial charge in [0.1, 0.15) is 0 Å². The quantitative estimate of drug-likeness (QED) is 0.587. The van der Waals surface area contributed by atoms with E-state index in [1.165, 1.54) is 16.8 Å². The molecule has 1 N–H and O–H groups in total. The van der Waals surface area contributed by atoms with E-state index in [9.17, 15) is 18.0 Å². The van der Waals surface area contributed by atoms with Crippen molar-refractivity contribution < 1.29 is 18.0 Å². The van der Waals surface area contributed by atoms with Crippen LogP contribution in [0.3, 0.4) is 0 Å². The molecule has 0 aromatic heterocycles. The first kappa shape index (κ1) is 27.1. The van der Waals surface area contributed by atoms with Crippen molar-refractivity contribution in [1.29, 1.82) is 0 Å². The highest BCUT2D eigenvalue weighted by Crippen LogP contribution is 2.62. The summed E-state index contributed by atoms with van der Waals surface area (Å²) < 4.78 is 28.9. The zero-order valence-electron chi connectivity index (χ0n) is 22.8. The molecule has 0 radical (unpaired) electrons. The van der Waals surface area contributed by atoms with Crippen molar-refractivity contribution in [3.05, 3.63) is 29.3 Å². The first-order valence-electron chi connectivity index (χ1n) is 13.6. The third-order valence-corrected chi connectivity index (χ3v) is 11.4. The smallest absolute Gasteiger partial charge is 0.251 e. The molecule has 2 saturated carbocycles. The summed E-state index contributed by atoms with van der Waals surface area (Å²) in [6, 6.07) is 5.03. The number of carbonyl (C=O) groups excluding carboxylic acids is 2. The molecular weight excluding hydrogens is 474 g/mol. The number of piperidine rings is 1. The zero-order valence-corrected chi connectivity index (χ0v) is 23.6. The van der Waals surface area contributed by atoms with Crippen LogP contribution in [-0.4, -0.2) is 61.7 Å². The predicted octanol–water partition coefficient (Wildman–Crippen LogP) is 4.21. The Kier molecular flexibility index (Phi) is 7.34. The number of aryl methyl sites for hydroxylation is 1. The van der Waals surface area contributed by atoms with Gasteiger partial charge in [0.25, 0.3) is 5.91 Å². The molecule has 8 heteroatoms. The van der Waals surface area contributed by atoms with E-state index in [1.54, 1.807) is 24.0 Å². The van der Waals surface area contributed by atoms with E-state index in [0.717, 1.165) is 12.8 Å². The van der Waals surface area contributed by atoms with Crippen molar-refractivity contribution in [2.24, 2.45) is 22.7 Å². The van der Waals surface area contributed by atoms with Crippen LogP contribution in [0, 0.1) is 29.6 Å². The molecule has 4 rings (SSSR count). The van der Waals surface area contributed by atoms with Crippen LogP contribution in [0.5, 0.6) is 0 Å². The lowest BCUT2D eigenvalue weighted by Gasteiger charge is -2.43. The van der Waals surface area contributed by atoms with Crippen LogP contribution in [0.25, 0.3) is 0 Å². The van der Waals surface area contributed by atoms with Gasteiger partial charge in [-0.3, -0.25) is 9.59 Å². The summed E-state index contributed by atoms with van der Waals surface area (Å²) in [5, 5.41) is 3.28. The molecule has 1 aromatic rings. The SMILES string of the molecule is CCN(CC)C(=O)C1CCCN(S(=O)(=O)c2cc(C(=O)NC3C(C)(C)[C@@H]4CC[C@@]3(C)C4)ccc2C)C1. The first-order valence-corrected chi connectivity index (χ1v) is 15.0. The number of rotatable bonds is 7. The molecule has 3 fully saturated rings. The van der Waals surface area contributed by atoms with Crippen molar-refractivity contribution in [2.75, 3.05) is 26.2 Å². The largest absolute Gasteiger partial charge is 0.348 e. The third-order valence-electron chi connectivity index (χ3n) is 9.42. The molecule has 200 valence electrons. The van der Waals surface area contributed by atoms with Crippen LogP contribution >= 0.6 is 0 Å². The highest BCUT2D eigenvalue weighted by molar-refractivity contribution is 7.89. The van der Waals surface area contributed by atoms with Gasteiger partial charge in [-0.2, -0.15) is 4.31 Å². The number of benzene rings is 1. The van der Waals surface area contributed by atoms with Gasteiger partial charge in [-0.25, -0.2) is 8.42 Å². The number of hydrogen-bond acceptors (Lipinski definition) is 4. The predicted molar refractivity (Wildman–Crippen MR) is 141 cm³/mol. The van der Waals surface area contributed by atoms with Gasteiger partial charge in [-0.05, 0) is 87.3 Å². The molecule has 36 heavy (non-hydrogen) atoms. The number of carbonyl (C=O) groups is 2. The fraction of sp³-hybridized carbons (Fsp3) is 0.714. The Bertz CT molecular complexity index is 1120. The lowest BCUT2D eigenvalue weighted by Crippen LogP contribution is -2.52. The molecule has 1 aliphatic heterocycles. The second-order valence-electron chi connectivity index (χ2n) is 12.0. The van der Waals surface area contributed by atoms with Gasteiger partial charge in [-0.1, -0.05) is 26.8 Å². The van der Waals surface area contributed by atoms with Crippen molar-refractivity contribution in [3.8, 4) is 0 Å². The fourth-order valence-corrected chi connectivity index (χ4v) is 8.97. The highest BCUT2D eigenvalue weighted by atomic mass is 32.2. The van der Waals surface area contributed by atoms with Crippen LogP contribution < -0.4 is 5.32 Å². The minimum Gasteiger partial charge on any atom is -0.348 e. The Balaban J connectivity index is 1.55. The molecule has 1 heterocycles. The van der Waals surface area contributed by atoms with Crippen LogP contribution in [0.2, 0.25) is 0 Å². The van der Waals surface area contributed by atoms with Crippen LogP contribution in [0.15, 0.2) is 23.1 Å². The Morgan fingerprint density at radius 1 is 1.14 bits per heavy atom. The van der Waals surface area contributed by atoms with Crippen LogP contribution in [0.1, 0.15) is 82.6 Å². The Morgan fingerprint density at radius 2 is 1.83 bits per heavy atom. The Morgan fingerprint density at radius 3 is 2.44 bits per heavy atom. The summed E-state index contributed by atoms with van der Waals surface area (Å²) in [6.07, 6.45) is 4.78. The van der Waals surface area contributed by atoms with Gasteiger partial charge in [0.15, 0.2) is 0 Å². The molecule has 4 atom stereocenters. The summed E-state index contributed by atoms with van der Waals surface area (Å²) in [7, 11) is -3.84. The normalized spacial score (nSPS) is 29.8. The molecule has 2 unspecified atom stereocenters. The number of hydrogen-bond donors (Lipinski definition) is 1. The maximum absolute atomic E-state index is 13.7. The maximum atomic E-state index is 13.7. The van der Waals surface area contributed by atoms with Gasteiger partial charge in [0, 0.05) is 37.8 Å². The molecule has 2 amide bonds. The van der Waals surface area contributed by atoms with Gasteiger partial charge in [0.2, 0.25) is 15.9 Å². The molecule has 1 saturated heterocycles. The van der Waals surface area contributed by atoms with Gasteiger partial charge in [0.05, 0.1) is 10.8 Å². The first-order chi connectivity index (χ1) is 16.8. The van der Waals surface area contributed by atoms with Crippen molar-refractivity contribution >= 4 is 21.8 Å². The molecule has 1 aromatic carbocycles. The highest BCUT2D eigenvalue weighted by Gasteiger charge is 2.59. The minimum absolute atomic E-state index is 0.0163. The van der Waals surface area contributed by atoms with Crippen molar-refractivity contribution in [2.45, 2.75) is 84.6 Å². The Hall–Kier alpha value is -1.93. The lowest BCUT2D eigenvalue weighted by molar-refractivity contribution is -0.136. The molecule has 7 nitrogen and oxygen atoms in total. The lowest BCUT2D eigenvalue weighted by atomic mass is 9.68. The number of fused-ring (bicyclic) bond motifs is 2.